The van der Waals surface area contributed by atoms with Gasteiger partial charge in [-0.3, -0.25) is 4.68 Å². The molecule has 0 saturated heterocycles. The van der Waals surface area contributed by atoms with Crippen molar-refractivity contribution < 1.29 is 4.74 Å². The summed E-state index contributed by atoms with van der Waals surface area (Å²) in [5.41, 5.74) is 2.26. The topological polar surface area (TPSA) is 50.8 Å². The molecule has 19 heavy (non-hydrogen) atoms. The summed E-state index contributed by atoms with van der Waals surface area (Å²) in [6, 6.07) is 7.02. The Morgan fingerprint density at radius 3 is 2.84 bits per heavy atom. The Balaban J connectivity index is 2.24. The first kappa shape index (κ1) is 13.9. The molecule has 0 aliphatic carbocycles. The highest BCUT2D eigenvalue weighted by Crippen LogP contribution is 2.26. The molecule has 0 saturated carbocycles. The number of halogens is 2. The van der Waals surface area contributed by atoms with Gasteiger partial charge in [0.2, 0.25) is 0 Å². The minimum Gasteiger partial charge on any atom is -0.486 e. The first-order valence-electron chi connectivity index (χ1n) is 5.53. The molecule has 4 nitrogen and oxygen atoms in total. The number of aromatic nitrogens is 2. The molecule has 0 atom stereocenters. The molecule has 0 aliphatic heterocycles. The van der Waals surface area contributed by atoms with Crippen LogP contribution in [0.1, 0.15) is 17.0 Å². The molecule has 1 aromatic heterocycles. The summed E-state index contributed by atoms with van der Waals surface area (Å²) in [6.45, 7) is 2.22. The van der Waals surface area contributed by atoms with Crippen LogP contribution in [-0.2, 0) is 13.7 Å². The molecule has 1 heterocycles. The number of ether oxygens (including phenoxy) is 1. The Bertz CT molecular complexity index is 661. The molecular formula is C13H11BrClN3O. The molecule has 0 bridgehead atoms. The first-order chi connectivity index (χ1) is 9.02. The third-order valence-electron chi connectivity index (χ3n) is 2.69. The fourth-order valence-corrected chi connectivity index (χ4v) is 2.30. The van der Waals surface area contributed by atoms with Crippen molar-refractivity contribution in [2.75, 3.05) is 0 Å². The van der Waals surface area contributed by atoms with Crippen LogP contribution in [0.25, 0.3) is 0 Å². The van der Waals surface area contributed by atoms with E-state index in [9.17, 15) is 0 Å². The van der Waals surface area contributed by atoms with Crippen molar-refractivity contribution in [3.05, 3.63) is 44.6 Å². The summed E-state index contributed by atoms with van der Waals surface area (Å²) in [7, 11) is 1.85. The van der Waals surface area contributed by atoms with E-state index in [1.54, 1.807) is 22.9 Å². The highest BCUT2D eigenvalue weighted by molar-refractivity contribution is 9.10. The summed E-state index contributed by atoms with van der Waals surface area (Å²) in [4.78, 5) is 0. The van der Waals surface area contributed by atoms with E-state index in [2.05, 4.69) is 27.1 Å². The van der Waals surface area contributed by atoms with Gasteiger partial charge in [0.25, 0.3) is 0 Å². The van der Waals surface area contributed by atoms with E-state index < -0.39 is 0 Å². The van der Waals surface area contributed by atoms with Crippen LogP contribution in [0.15, 0.2) is 22.7 Å². The number of aryl methyl sites for hydroxylation is 2. The smallest absolute Gasteiger partial charge is 0.139 e. The van der Waals surface area contributed by atoms with E-state index in [0.717, 1.165) is 15.9 Å². The van der Waals surface area contributed by atoms with Crippen molar-refractivity contribution in [1.29, 1.82) is 5.26 Å². The van der Waals surface area contributed by atoms with Gasteiger partial charge in [-0.1, -0.05) is 11.6 Å². The fraction of sp³-hybridized carbons (Fsp3) is 0.231. The van der Waals surface area contributed by atoms with Gasteiger partial charge in [-0.15, -0.1) is 0 Å². The van der Waals surface area contributed by atoms with Crippen LogP contribution in [0.4, 0.5) is 0 Å². The number of rotatable bonds is 3. The van der Waals surface area contributed by atoms with E-state index in [1.165, 1.54) is 0 Å². The molecule has 0 amide bonds. The maximum absolute atomic E-state index is 9.02. The van der Waals surface area contributed by atoms with Crippen LogP contribution in [0, 0.1) is 18.3 Å². The predicted molar refractivity (Wildman–Crippen MR) is 76.1 cm³/mol. The van der Waals surface area contributed by atoms with Crippen LogP contribution in [0.2, 0.25) is 5.02 Å². The van der Waals surface area contributed by atoms with Crippen LogP contribution < -0.4 is 4.74 Å². The molecule has 0 fully saturated rings. The van der Waals surface area contributed by atoms with Gasteiger partial charge < -0.3 is 4.74 Å². The second-order valence-electron chi connectivity index (χ2n) is 4.01. The molecule has 0 spiro atoms. The quantitative estimate of drug-likeness (QED) is 0.858. The second-order valence-corrected chi connectivity index (χ2v) is 5.24. The molecular weight excluding hydrogens is 330 g/mol. The molecule has 2 aromatic rings. The number of benzene rings is 1. The van der Waals surface area contributed by atoms with Crippen LogP contribution in [0.5, 0.6) is 5.75 Å². The summed E-state index contributed by atoms with van der Waals surface area (Å²) >= 11 is 9.38. The summed E-state index contributed by atoms with van der Waals surface area (Å²) < 4.78 is 8.33. The molecule has 98 valence electrons. The highest BCUT2D eigenvalue weighted by atomic mass is 79.9. The van der Waals surface area contributed by atoms with Gasteiger partial charge in [0, 0.05) is 18.1 Å². The Morgan fingerprint density at radius 1 is 1.53 bits per heavy atom. The van der Waals surface area contributed by atoms with Gasteiger partial charge in [-0.2, -0.15) is 10.4 Å². The van der Waals surface area contributed by atoms with Crippen molar-refractivity contribution in [2.24, 2.45) is 7.05 Å². The molecule has 6 heteroatoms. The largest absolute Gasteiger partial charge is 0.486 e. The van der Waals surface area contributed by atoms with Gasteiger partial charge >= 0.3 is 0 Å². The lowest BCUT2D eigenvalue weighted by Gasteiger charge is -2.09. The van der Waals surface area contributed by atoms with E-state index >= 15 is 0 Å². The Morgan fingerprint density at radius 2 is 2.26 bits per heavy atom. The minimum atomic E-state index is 0.312. The number of nitriles is 1. The predicted octanol–water partition coefficient (Wildman–Crippen LogP) is 3.60. The van der Waals surface area contributed by atoms with Crippen molar-refractivity contribution in [2.45, 2.75) is 13.5 Å². The zero-order valence-corrected chi connectivity index (χ0v) is 12.8. The SMILES string of the molecule is Cc1nn(C)c(COc2cc(Cl)ccc2C#N)c1Br. The average Bonchev–Trinajstić information content (AvgIpc) is 2.61. The lowest BCUT2D eigenvalue weighted by Crippen LogP contribution is -2.04. The van der Waals surface area contributed by atoms with Gasteiger partial charge in [0.15, 0.2) is 0 Å². The average molecular weight is 341 g/mol. The molecule has 0 unspecified atom stereocenters. The van der Waals surface area contributed by atoms with Crippen molar-refractivity contribution in [1.82, 2.24) is 9.78 Å². The molecule has 1 aromatic carbocycles. The van der Waals surface area contributed by atoms with Crippen molar-refractivity contribution >= 4 is 27.5 Å². The van der Waals surface area contributed by atoms with Gasteiger partial charge in [0.1, 0.15) is 18.4 Å². The van der Waals surface area contributed by atoms with Gasteiger partial charge in [-0.05, 0) is 35.0 Å². The molecule has 0 N–H and O–H groups in total. The monoisotopic (exact) mass is 339 g/mol. The van der Waals surface area contributed by atoms with Gasteiger partial charge in [0.05, 0.1) is 21.4 Å². The minimum absolute atomic E-state index is 0.312. The third-order valence-corrected chi connectivity index (χ3v) is 3.96. The maximum Gasteiger partial charge on any atom is 0.139 e. The van der Waals surface area contributed by atoms with E-state index in [0.29, 0.717) is 22.9 Å². The van der Waals surface area contributed by atoms with E-state index in [-0.39, 0.29) is 0 Å². The van der Waals surface area contributed by atoms with Gasteiger partial charge in [-0.25, -0.2) is 0 Å². The summed E-state index contributed by atoms with van der Waals surface area (Å²) in [5, 5.41) is 13.8. The molecule has 0 radical (unpaired) electrons. The summed E-state index contributed by atoms with van der Waals surface area (Å²) in [5.74, 6) is 0.473. The highest BCUT2D eigenvalue weighted by Gasteiger charge is 2.12. The Hall–Kier alpha value is -1.51. The van der Waals surface area contributed by atoms with Crippen LogP contribution in [-0.4, -0.2) is 9.78 Å². The Kier molecular flexibility index (Phi) is 4.13. The number of nitrogens with zero attached hydrogens (tertiary/aromatic N) is 3. The van der Waals surface area contributed by atoms with Crippen LogP contribution in [0.3, 0.4) is 0 Å². The zero-order chi connectivity index (χ0) is 14.0. The normalized spacial score (nSPS) is 10.3. The van der Waals surface area contributed by atoms with Crippen molar-refractivity contribution in [3.8, 4) is 11.8 Å². The van der Waals surface area contributed by atoms with E-state index in [4.69, 9.17) is 21.6 Å². The third kappa shape index (κ3) is 2.91. The number of hydrogen-bond acceptors (Lipinski definition) is 3. The number of hydrogen-bond donors (Lipinski definition) is 0. The molecule has 0 aliphatic rings. The fourth-order valence-electron chi connectivity index (χ4n) is 1.69. The lowest BCUT2D eigenvalue weighted by molar-refractivity contribution is 0.293. The standard InChI is InChI=1S/C13H11BrClN3O/c1-8-13(14)11(18(2)17-8)7-19-12-5-10(15)4-3-9(12)6-16/h3-5H,7H2,1-2H3. The first-order valence-corrected chi connectivity index (χ1v) is 6.70. The Labute approximate surface area is 124 Å². The summed E-state index contributed by atoms with van der Waals surface area (Å²) in [6.07, 6.45) is 0. The van der Waals surface area contributed by atoms with Crippen LogP contribution >= 0.6 is 27.5 Å². The molecule has 2 rings (SSSR count). The zero-order valence-electron chi connectivity index (χ0n) is 10.4. The van der Waals surface area contributed by atoms with Crippen molar-refractivity contribution in [3.63, 3.8) is 0 Å². The maximum atomic E-state index is 9.02. The van der Waals surface area contributed by atoms with E-state index in [1.807, 2.05) is 14.0 Å². The lowest BCUT2D eigenvalue weighted by atomic mass is 10.2. The second kappa shape index (κ2) is 5.64.